The Morgan fingerprint density at radius 2 is 1.12 bits per heavy atom. The van der Waals surface area contributed by atoms with Gasteiger partial charge in [-0.15, -0.1) is 0 Å². The van der Waals surface area contributed by atoms with Crippen LogP contribution in [-0.4, -0.2) is 18.6 Å². The third-order valence-corrected chi connectivity index (χ3v) is 3.00. The highest BCUT2D eigenvalue weighted by Gasteiger charge is 2.61. The lowest BCUT2D eigenvalue weighted by Gasteiger charge is -2.20. The lowest BCUT2D eigenvalue weighted by Crippen LogP contribution is -2.41. The summed E-state index contributed by atoms with van der Waals surface area (Å²) in [5.41, 5.74) is 1.90. The van der Waals surface area contributed by atoms with Crippen LogP contribution >= 0.6 is 0 Å². The SMILES string of the molecule is O=Cc1ccc(/C=C/c2ccc(OC(F)(F)C(F)(F)F)cc2)cc1. The number of halogens is 5. The van der Waals surface area contributed by atoms with Crippen LogP contribution in [0.25, 0.3) is 12.2 Å². The van der Waals surface area contributed by atoms with Gasteiger partial charge in [0.1, 0.15) is 12.0 Å². The van der Waals surface area contributed by atoms with E-state index in [9.17, 15) is 26.7 Å². The Morgan fingerprint density at radius 1 is 0.708 bits per heavy atom. The van der Waals surface area contributed by atoms with Crippen LogP contribution in [0.3, 0.4) is 0 Å². The first-order chi connectivity index (χ1) is 11.2. The fraction of sp³-hybridized carbons (Fsp3) is 0.118. The first-order valence-electron chi connectivity index (χ1n) is 6.68. The number of carbonyl (C=O) groups is 1. The molecule has 0 amide bonds. The molecule has 0 heterocycles. The molecule has 0 atom stereocenters. The van der Waals surface area contributed by atoms with Gasteiger partial charge in [0.05, 0.1) is 0 Å². The largest absolute Gasteiger partial charge is 0.499 e. The molecular formula is C17H11F5O2. The molecule has 2 rings (SSSR count). The van der Waals surface area contributed by atoms with Crippen LogP contribution in [0.4, 0.5) is 22.0 Å². The quantitative estimate of drug-likeness (QED) is 0.424. The van der Waals surface area contributed by atoms with Crippen LogP contribution in [0.1, 0.15) is 21.5 Å². The molecule has 7 heteroatoms. The third kappa shape index (κ3) is 4.41. The van der Waals surface area contributed by atoms with Gasteiger partial charge in [-0.1, -0.05) is 48.6 Å². The van der Waals surface area contributed by atoms with Crippen molar-refractivity contribution >= 4 is 18.4 Å². The van der Waals surface area contributed by atoms with Gasteiger partial charge in [-0.2, -0.15) is 22.0 Å². The zero-order chi connectivity index (χ0) is 17.8. The molecule has 0 bridgehead atoms. The van der Waals surface area contributed by atoms with Crippen molar-refractivity contribution in [3.05, 3.63) is 65.2 Å². The summed E-state index contributed by atoms with van der Waals surface area (Å²) in [6.45, 7) is 0. The number of benzene rings is 2. The van der Waals surface area contributed by atoms with Crippen LogP contribution in [-0.2, 0) is 0 Å². The van der Waals surface area contributed by atoms with Gasteiger partial charge in [0.2, 0.25) is 0 Å². The molecular weight excluding hydrogens is 331 g/mol. The van der Waals surface area contributed by atoms with Crippen molar-refractivity contribution in [3.63, 3.8) is 0 Å². The van der Waals surface area contributed by atoms with Crippen molar-refractivity contribution in [1.82, 2.24) is 0 Å². The summed E-state index contributed by atoms with van der Waals surface area (Å²) in [4.78, 5) is 10.5. The van der Waals surface area contributed by atoms with Gasteiger partial charge in [0, 0.05) is 5.56 Å². The van der Waals surface area contributed by atoms with E-state index in [1.165, 1.54) is 12.1 Å². The Bertz CT molecular complexity index is 716. The van der Waals surface area contributed by atoms with Gasteiger partial charge in [-0.05, 0) is 23.3 Å². The van der Waals surface area contributed by atoms with Crippen molar-refractivity contribution in [2.45, 2.75) is 12.3 Å². The topological polar surface area (TPSA) is 26.3 Å². The molecule has 0 unspecified atom stereocenters. The van der Waals surface area contributed by atoms with E-state index in [0.29, 0.717) is 17.4 Å². The average molecular weight is 342 g/mol. The van der Waals surface area contributed by atoms with E-state index >= 15 is 0 Å². The van der Waals surface area contributed by atoms with E-state index in [1.54, 1.807) is 36.4 Å². The molecule has 0 spiro atoms. The Hall–Kier alpha value is -2.70. The fourth-order valence-corrected chi connectivity index (χ4v) is 1.73. The summed E-state index contributed by atoms with van der Waals surface area (Å²) >= 11 is 0. The lowest BCUT2D eigenvalue weighted by molar-refractivity contribution is -0.360. The molecule has 0 aliphatic rings. The molecule has 0 fully saturated rings. The van der Waals surface area contributed by atoms with Crippen molar-refractivity contribution in [2.24, 2.45) is 0 Å². The molecule has 24 heavy (non-hydrogen) atoms. The molecule has 2 aromatic carbocycles. The van der Waals surface area contributed by atoms with Crippen LogP contribution in [0.5, 0.6) is 5.75 Å². The second-order valence-electron chi connectivity index (χ2n) is 4.80. The lowest BCUT2D eigenvalue weighted by atomic mass is 10.1. The first-order valence-corrected chi connectivity index (χ1v) is 6.68. The van der Waals surface area contributed by atoms with E-state index in [1.807, 2.05) is 0 Å². The van der Waals surface area contributed by atoms with Crippen LogP contribution in [0.2, 0.25) is 0 Å². The Labute approximate surface area is 134 Å². The summed E-state index contributed by atoms with van der Waals surface area (Å²) in [5, 5.41) is 0. The van der Waals surface area contributed by atoms with Gasteiger partial charge in [0.25, 0.3) is 0 Å². The standard InChI is InChI=1S/C17H11F5O2/c18-16(19,20)17(21,22)24-15-9-7-13(8-10-15)2-1-12-3-5-14(11-23)6-4-12/h1-11H/b2-1+. The van der Waals surface area contributed by atoms with Crippen LogP contribution < -0.4 is 4.74 Å². The number of alkyl halides is 5. The number of hydrogen-bond donors (Lipinski definition) is 0. The average Bonchev–Trinajstić information content (AvgIpc) is 2.53. The summed E-state index contributed by atoms with van der Waals surface area (Å²) in [6, 6.07) is 11.4. The molecule has 0 N–H and O–H groups in total. The molecule has 126 valence electrons. The highest BCUT2D eigenvalue weighted by Crippen LogP contribution is 2.37. The molecule has 2 aromatic rings. The maximum Gasteiger partial charge on any atom is 0.499 e. The molecule has 0 radical (unpaired) electrons. The number of rotatable bonds is 5. The maximum absolute atomic E-state index is 12.8. The highest BCUT2D eigenvalue weighted by atomic mass is 19.4. The maximum atomic E-state index is 12.8. The summed E-state index contributed by atoms with van der Waals surface area (Å²) in [6.07, 6.45) is -6.97. The molecule has 0 aromatic heterocycles. The fourth-order valence-electron chi connectivity index (χ4n) is 1.73. The van der Waals surface area contributed by atoms with E-state index in [0.717, 1.165) is 17.7 Å². The number of ether oxygens (including phenoxy) is 1. The second kappa shape index (κ2) is 6.82. The van der Waals surface area contributed by atoms with Crippen molar-refractivity contribution < 1.29 is 31.5 Å². The molecule has 0 saturated carbocycles. The monoisotopic (exact) mass is 342 g/mol. The second-order valence-corrected chi connectivity index (χ2v) is 4.80. The van der Waals surface area contributed by atoms with Crippen molar-refractivity contribution in [2.75, 3.05) is 0 Å². The van der Waals surface area contributed by atoms with Gasteiger partial charge >= 0.3 is 12.3 Å². The van der Waals surface area contributed by atoms with Gasteiger partial charge < -0.3 is 4.74 Å². The van der Waals surface area contributed by atoms with Crippen molar-refractivity contribution in [3.8, 4) is 5.75 Å². The van der Waals surface area contributed by atoms with Crippen LogP contribution in [0.15, 0.2) is 48.5 Å². The number of aldehydes is 1. The van der Waals surface area contributed by atoms with Crippen LogP contribution in [0, 0.1) is 0 Å². The Morgan fingerprint density at radius 3 is 1.54 bits per heavy atom. The van der Waals surface area contributed by atoms with Gasteiger partial charge in [-0.25, -0.2) is 0 Å². The molecule has 0 aliphatic carbocycles. The van der Waals surface area contributed by atoms with E-state index in [2.05, 4.69) is 4.74 Å². The summed E-state index contributed by atoms with van der Waals surface area (Å²) < 4.78 is 65.4. The molecule has 2 nitrogen and oxygen atoms in total. The minimum atomic E-state index is -5.78. The normalized spacial score (nSPS) is 12.4. The van der Waals surface area contributed by atoms with Gasteiger partial charge in [0.15, 0.2) is 0 Å². The highest BCUT2D eigenvalue weighted by molar-refractivity contribution is 5.76. The van der Waals surface area contributed by atoms with Crippen molar-refractivity contribution in [1.29, 1.82) is 0 Å². The smallest absolute Gasteiger partial charge is 0.426 e. The predicted octanol–water partition coefficient (Wildman–Crippen LogP) is 5.20. The Balaban J connectivity index is 2.06. The Kier molecular flexibility index (Phi) is 5.02. The molecule has 0 saturated heterocycles. The van der Waals surface area contributed by atoms with E-state index < -0.39 is 18.0 Å². The third-order valence-electron chi connectivity index (χ3n) is 3.00. The molecule has 0 aliphatic heterocycles. The van der Waals surface area contributed by atoms with Gasteiger partial charge in [-0.3, -0.25) is 4.79 Å². The minimum absolute atomic E-state index is 0.527. The first kappa shape index (κ1) is 17.7. The summed E-state index contributed by atoms with van der Waals surface area (Å²) in [7, 11) is 0. The zero-order valence-corrected chi connectivity index (χ0v) is 12.1. The minimum Gasteiger partial charge on any atom is -0.426 e. The number of carbonyl (C=O) groups excluding carboxylic acids is 1. The number of hydrogen-bond acceptors (Lipinski definition) is 2. The van der Waals surface area contributed by atoms with E-state index in [-0.39, 0.29) is 0 Å². The predicted molar refractivity (Wildman–Crippen MR) is 78.8 cm³/mol. The summed E-state index contributed by atoms with van der Waals surface area (Å²) in [5.74, 6) is -0.593. The zero-order valence-electron chi connectivity index (χ0n) is 12.1. The van der Waals surface area contributed by atoms with E-state index in [4.69, 9.17) is 0 Å².